The van der Waals surface area contributed by atoms with Crippen molar-refractivity contribution in [2.75, 3.05) is 7.11 Å². The molecule has 0 aliphatic carbocycles. The summed E-state index contributed by atoms with van der Waals surface area (Å²) in [5.74, 6) is 1.20. The number of nitrogens with one attached hydrogen (secondary N) is 2. The van der Waals surface area contributed by atoms with Crippen molar-refractivity contribution >= 4 is 21.8 Å². The van der Waals surface area contributed by atoms with E-state index in [0.29, 0.717) is 12.4 Å². The Hall–Kier alpha value is -2.91. The number of nitrogens with zero attached hydrogens (tertiary/aromatic N) is 4. The fraction of sp³-hybridized carbons (Fsp3) is 0.111. The van der Waals surface area contributed by atoms with E-state index in [1.807, 2.05) is 29.3 Å². The summed E-state index contributed by atoms with van der Waals surface area (Å²) in [5, 5.41) is 10.6. The van der Waals surface area contributed by atoms with E-state index in [1.165, 1.54) is 12.1 Å². The highest BCUT2D eigenvalue weighted by molar-refractivity contribution is 9.10. The van der Waals surface area contributed by atoms with Crippen molar-refractivity contribution < 1.29 is 9.13 Å². The molecule has 0 fully saturated rings. The van der Waals surface area contributed by atoms with Crippen LogP contribution in [-0.2, 0) is 6.54 Å². The van der Waals surface area contributed by atoms with Gasteiger partial charge in [0.1, 0.15) is 16.2 Å². The maximum absolute atomic E-state index is 13.2. The van der Waals surface area contributed by atoms with E-state index in [9.17, 15) is 4.39 Å². The van der Waals surface area contributed by atoms with E-state index in [1.54, 1.807) is 30.1 Å². The highest BCUT2D eigenvalue weighted by Crippen LogP contribution is 2.24. The molecule has 1 aromatic heterocycles. The summed E-state index contributed by atoms with van der Waals surface area (Å²) in [5.41, 5.74) is 8.41. The van der Waals surface area contributed by atoms with Gasteiger partial charge in [-0.2, -0.15) is 5.10 Å². The summed E-state index contributed by atoms with van der Waals surface area (Å²) >= 11 is 3.58. The molecule has 3 aromatic rings. The Morgan fingerprint density at radius 2 is 1.85 bits per heavy atom. The minimum absolute atomic E-state index is 0.290. The Bertz CT molecular complexity index is 971. The molecule has 1 aliphatic rings. The molecular formula is C18H16BrFN6O. The van der Waals surface area contributed by atoms with Crippen LogP contribution in [-0.4, -0.2) is 27.7 Å². The number of hydrogen-bond donors (Lipinski definition) is 2. The van der Waals surface area contributed by atoms with E-state index in [-0.39, 0.29) is 5.82 Å². The van der Waals surface area contributed by atoms with Gasteiger partial charge >= 0.3 is 0 Å². The predicted molar refractivity (Wildman–Crippen MR) is 103 cm³/mol. The number of aromatic nitrogens is 2. The lowest BCUT2D eigenvalue weighted by Gasteiger charge is -2.18. The Labute approximate surface area is 163 Å². The first-order valence-corrected chi connectivity index (χ1v) is 8.93. The van der Waals surface area contributed by atoms with Crippen molar-refractivity contribution in [1.82, 2.24) is 25.9 Å². The summed E-state index contributed by atoms with van der Waals surface area (Å²) in [4.78, 5) is 0. The second kappa shape index (κ2) is 7.37. The predicted octanol–water partition coefficient (Wildman–Crippen LogP) is 2.97. The molecular weight excluding hydrogens is 415 g/mol. The number of halogens is 2. The number of benzene rings is 2. The van der Waals surface area contributed by atoms with Crippen molar-refractivity contribution in [1.29, 1.82) is 0 Å². The molecule has 2 heterocycles. The van der Waals surface area contributed by atoms with Crippen LogP contribution in [0.25, 0.3) is 5.69 Å². The Balaban J connectivity index is 1.57. The molecule has 0 spiro atoms. The molecule has 0 bridgehead atoms. The van der Waals surface area contributed by atoms with E-state index in [2.05, 4.69) is 37.2 Å². The van der Waals surface area contributed by atoms with Crippen LogP contribution in [0.1, 0.15) is 11.1 Å². The Kier molecular flexibility index (Phi) is 4.78. The SMILES string of the molecule is COc1ccc(CN2NNN=C2c2cnn(-c3ccc(F)cc3)c2Br)cc1. The largest absolute Gasteiger partial charge is 0.497 e. The topological polar surface area (TPSA) is 66.7 Å². The van der Waals surface area contributed by atoms with E-state index in [0.717, 1.165) is 27.2 Å². The average Bonchev–Trinajstić information content (AvgIpc) is 3.29. The van der Waals surface area contributed by atoms with Crippen LogP contribution < -0.4 is 15.8 Å². The van der Waals surface area contributed by atoms with Gasteiger partial charge in [0, 0.05) is 0 Å². The molecule has 0 radical (unpaired) electrons. The van der Waals surface area contributed by atoms with Gasteiger partial charge in [-0.15, -0.1) is 10.6 Å². The number of rotatable bonds is 5. The monoisotopic (exact) mass is 430 g/mol. The number of hydrogen-bond acceptors (Lipinski definition) is 6. The summed E-state index contributed by atoms with van der Waals surface area (Å²) in [6.45, 7) is 0.587. The zero-order valence-corrected chi connectivity index (χ0v) is 15.9. The smallest absolute Gasteiger partial charge is 0.177 e. The molecule has 2 aromatic carbocycles. The van der Waals surface area contributed by atoms with Crippen LogP contribution in [0.2, 0.25) is 0 Å². The second-order valence-electron chi connectivity index (χ2n) is 5.83. The minimum Gasteiger partial charge on any atom is -0.497 e. The Morgan fingerprint density at radius 3 is 2.56 bits per heavy atom. The maximum atomic E-state index is 13.2. The zero-order chi connectivity index (χ0) is 18.8. The second-order valence-corrected chi connectivity index (χ2v) is 6.58. The van der Waals surface area contributed by atoms with Gasteiger partial charge in [0.15, 0.2) is 5.84 Å². The third-order valence-corrected chi connectivity index (χ3v) is 4.89. The lowest BCUT2D eigenvalue weighted by molar-refractivity contribution is 0.288. The summed E-state index contributed by atoms with van der Waals surface area (Å²) in [6.07, 6.45) is 1.71. The fourth-order valence-corrected chi connectivity index (χ4v) is 3.31. The van der Waals surface area contributed by atoms with Gasteiger partial charge in [0.2, 0.25) is 0 Å². The molecule has 4 rings (SSSR count). The zero-order valence-electron chi connectivity index (χ0n) is 14.4. The van der Waals surface area contributed by atoms with Crippen LogP contribution in [0.5, 0.6) is 5.75 Å². The van der Waals surface area contributed by atoms with E-state index >= 15 is 0 Å². The van der Waals surface area contributed by atoms with Crippen molar-refractivity contribution in [3.05, 3.63) is 76.3 Å². The van der Waals surface area contributed by atoms with Crippen molar-refractivity contribution in [3.63, 3.8) is 0 Å². The first kappa shape index (κ1) is 17.5. The summed E-state index contributed by atoms with van der Waals surface area (Å²) in [6, 6.07) is 13.9. The summed E-state index contributed by atoms with van der Waals surface area (Å²) < 4.78 is 20.8. The lowest BCUT2D eigenvalue weighted by atomic mass is 10.2. The maximum Gasteiger partial charge on any atom is 0.177 e. The highest BCUT2D eigenvalue weighted by Gasteiger charge is 2.24. The van der Waals surface area contributed by atoms with Crippen molar-refractivity contribution in [2.45, 2.75) is 6.54 Å². The highest BCUT2D eigenvalue weighted by atomic mass is 79.9. The molecule has 138 valence electrons. The number of methoxy groups -OCH3 is 1. The molecule has 0 atom stereocenters. The van der Waals surface area contributed by atoms with E-state index < -0.39 is 0 Å². The normalized spacial score (nSPS) is 13.4. The minimum atomic E-state index is -0.290. The Morgan fingerprint density at radius 1 is 1.11 bits per heavy atom. The number of hydrazine groups is 2. The van der Waals surface area contributed by atoms with Gasteiger partial charge in [0.05, 0.1) is 31.1 Å². The molecule has 1 aliphatic heterocycles. The molecule has 27 heavy (non-hydrogen) atoms. The summed E-state index contributed by atoms with van der Waals surface area (Å²) in [7, 11) is 1.64. The van der Waals surface area contributed by atoms with Gasteiger partial charge in [0.25, 0.3) is 0 Å². The molecule has 0 saturated carbocycles. The van der Waals surface area contributed by atoms with Crippen LogP contribution in [0, 0.1) is 5.82 Å². The molecule has 7 nitrogen and oxygen atoms in total. The third kappa shape index (κ3) is 3.51. The van der Waals surface area contributed by atoms with Gasteiger partial charge in [-0.05, 0) is 57.9 Å². The molecule has 2 N–H and O–H groups in total. The first-order chi connectivity index (χ1) is 13.2. The molecule has 0 unspecified atom stereocenters. The number of amidine groups is 1. The lowest BCUT2D eigenvalue weighted by Crippen LogP contribution is -2.40. The van der Waals surface area contributed by atoms with Crippen LogP contribution >= 0.6 is 15.9 Å². The van der Waals surface area contributed by atoms with E-state index in [4.69, 9.17) is 4.74 Å². The van der Waals surface area contributed by atoms with Crippen molar-refractivity contribution in [2.24, 2.45) is 5.10 Å². The quantitative estimate of drug-likeness (QED) is 0.651. The van der Waals surface area contributed by atoms with Gasteiger partial charge in [-0.1, -0.05) is 12.1 Å². The first-order valence-electron chi connectivity index (χ1n) is 8.14. The van der Waals surface area contributed by atoms with Gasteiger partial charge in [-0.3, -0.25) is 5.01 Å². The average molecular weight is 431 g/mol. The molecule has 0 saturated heterocycles. The molecule has 0 amide bonds. The number of ether oxygens (including phenoxy) is 1. The van der Waals surface area contributed by atoms with Crippen molar-refractivity contribution in [3.8, 4) is 11.4 Å². The van der Waals surface area contributed by atoms with Gasteiger partial charge < -0.3 is 4.74 Å². The molecule has 9 heteroatoms. The number of hydrazone groups is 1. The van der Waals surface area contributed by atoms with Crippen LogP contribution in [0.4, 0.5) is 4.39 Å². The van der Waals surface area contributed by atoms with Crippen LogP contribution in [0.3, 0.4) is 0 Å². The van der Waals surface area contributed by atoms with Crippen LogP contribution in [0.15, 0.2) is 64.4 Å². The fourth-order valence-electron chi connectivity index (χ4n) is 2.73. The third-order valence-electron chi connectivity index (χ3n) is 4.12. The standard InChI is InChI=1S/C18H16BrFN6O/c1-27-15-8-2-12(3-9-15)11-25-18(22-23-24-25)16-10-21-26(17(16)19)14-6-4-13(20)5-7-14/h2-10,23-24H,11H2,1H3. The van der Waals surface area contributed by atoms with Gasteiger partial charge in [-0.25, -0.2) is 14.6 Å².